The van der Waals surface area contributed by atoms with Crippen molar-refractivity contribution >= 4 is 5.96 Å². The number of aryl methyl sites for hydroxylation is 1. The number of halogens is 1. The van der Waals surface area contributed by atoms with Gasteiger partial charge in [0.1, 0.15) is 11.6 Å². The summed E-state index contributed by atoms with van der Waals surface area (Å²) in [4.78, 5) is 9.06. The molecular weight excluding hydrogens is 389 g/mol. The van der Waals surface area contributed by atoms with Crippen LogP contribution in [0.2, 0.25) is 0 Å². The second kappa shape index (κ2) is 9.33. The molecule has 1 aromatic heterocycles. The third-order valence-electron chi connectivity index (χ3n) is 5.92. The molecule has 0 aliphatic heterocycles. The van der Waals surface area contributed by atoms with Crippen LogP contribution in [-0.2, 0) is 18.5 Å². The van der Waals surface area contributed by atoms with Crippen LogP contribution >= 0.6 is 0 Å². The van der Waals surface area contributed by atoms with Gasteiger partial charge in [-0.05, 0) is 49.4 Å². The molecule has 0 saturated heterocycles. The molecule has 0 radical (unpaired) electrons. The highest BCUT2D eigenvalue weighted by atomic mass is 19.1. The molecule has 6 heteroatoms. The van der Waals surface area contributed by atoms with Crippen LogP contribution in [0, 0.1) is 12.7 Å². The molecule has 31 heavy (non-hydrogen) atoms. The molecule has 3 aromatic rings. The van der Waals surface area contributed by atoms with Crippen molar-refractivity contribution in [3.05, 3.63) is 89.3 Å². The zero-order valence-corrected chi connectivity index (χ0v) is 18.2. The van der Waals surface area contributed by atoms with Crippen LogP contribution in [0.25, 0.3) is 0 Å². The molecule has 0 atom stereocenters. The van der Waals surface area contributed by atoms with Crippen molar-refractivity contribution in [2.45, 2.75) is 45.2 Å². The minimum atomic E-state index is -0.121. The first kappa shape index (κ1) is 21.1. The summed E-state index contributed by atoms with van der Waals surface area (Å²) in [7, 11) is 0. The predicted molar refractivity (Wildman–Crippen MR) is 123 cm³/mol. The molecule has 2 N–H and O–H groups in total. The molecule has 2 aromatic carbocycles. The highest BCUT2D eigenvalue weighted by Gasteiger charge is 2.45. The monoisotopic (exact) mass is 419 g/mol. The minimum absolute atomic E-state index is 0.117. The summed E-state index contributed by atoms with van der Waals surface area (Å²) in [5.41, 5.74) is 3.07. The zero-order valence-electron chi connectivity index (χ0n) is 18.2. The molecule has 1 saturated carbocycles. The van der Waals surface area contributed by atoms with Crippen LogP contribution in [0.15, 0.2) is 65.9 Å². The highest BCUT2D eigenvalue weighted by Crippen LogP contribution is 2.48. The average Bonchev–Trinajstić information content (AvgIpc) is 3.46. The lowest BCUT2D eigenvalue weighted by molar-refractivity contribution is 0.559. The van der Waals surface area contributed by atoms with Gasteiger partial charge in [-0.15, -0.1) is 0 Å². The molecule has 0 spiro atoms. The average molecular weight is 420 g/mol. The van der Waals surface area contributed by atoms with Gasteiger partial charge in [0.25, 0.3) is 0 Å². The lowest BCUT2D eigenvalue weighted by Crippen LogP contribution is -2.41. The van der Waals surface area contributed by atoms with Crippen molar-refractivity contribution in [2.24, 2.45) is 4.99 Å². The van der Waals surface area contributed by atoms with Crippen molar-refractivity contribution < 1.29 is 4.39 Å². The SMILES string of the molecule is CCNC(=NCc1cccc(Cn2ccnc2C)c1)NCC1(c2ccccc2F)CC1. The number of guanidine groups is 1. The fraction of sp³-hybridized carbons (Fsp3) is 0.360. The number of nitrogens with zero attached hydrogens (tertiary/aromatic N) is 3. The van der Waals surface area contributed by atoms with E-state index in [2.05, 4.69) is 51.4 Å². The van der Waals surface area contributed by atoms with E-state index in [-0.39, 0.29) is 11.2 Å². The Labute approximate surface area is 183 Å². The third-order valence-corrected chi connectivity index (χ3v) is 5.92. The summed E-state index contributed by atoms with van der Waals surface area (Å²) in [6.07, 6.45) is 5.81. The van der Waals surface area contributed by atoms with Crippen LogP contribution in [0.1, 0.15) is 42.3 Å². The molecule has 1 aliphatic rings. The molecule has 1 aliphatic carbocycles. The molecule has 5 nitrogen and oxygen atoms in total. The van der Waals surface area contributed by atoms with Crippen LogP contribution in [0.3, 0.4) is 0 Å². The first-order valence-electron chi connectivity index (χ1n) is 10.9. The standard InChI is InChI=1S/C25H30FN5/c1-3-27-24(30-18-25(11-12-25)22-9-4-5-10-23(22)26)29-16-20-7-6-8-21(15-20)17-31-14-13-28-19(31)2/h4-10,13-15H,3,11-12,16-18H2,1-2H3,(H2,27,29,30). The van der Waals surface area contributed by atoms with E-state index in [1.54, 1.807) is 12.1 Å². The quantitative estimate of drug-likeness (QED) is 0.426. The maximum absolute atomic E-state index is 14.3. The molecule has 162 valence electrons. The third kappa shape index (κ3) is 5.13. The number of rotatable bonds is 8. The topological polar surface area (TPSA) is 54.2 Å². The van der Waals surface area contributed by atoms with Crippen molar-refractivity contribution in [1.82, 2.24) is 20.2 Å². The van der Waals surface area contributed by atoms with E-state index in [1.165, 1.54) is 5.56 Å². The van der Waals surface area contributed by atoms with E-state index < -0.39 is 0 Å². The van der Waals surface area contributed by atoms with Gasteiger partial charge in [0.05, 0.1) is 6.54 Å². The van der Waals surface area contributed by atoms with Crippen molar-refractivity contribution in [2.75, 3.05) is 13.1 Å². The summed E-state index contributed by atoms with van der Waals surface area (Å²) in [6, 6.07) is 15.6. The lowest BCUT2D eigenvalue weighted by atomic mass is 9.95. The number of hydrogen-bond donors (Lipinski definition) is 2. The lowest BCUT2D eigenvalue weighted by Gasteiger charge is -2.19. The van der Waals surface area contributed by atoms with Gasteiger partial charge in [-0.2, -0.15) is 0 Å². The molecule has 0 unspecified atom stereocenters. The Bertz CT molecular complexity index is 1050. The Morgan fingerprint density at radius 2 is 1.94 bits per heavy atom. The van der Waals surface area contributed by atoms with Crippen LogP contribution in [0.5, 0.6) is 0 Å². The van der Waals surface area contributed by atoms with Gasteiger partial charge in [0, 0.05) is 37.4 Å². The zero-order chi connectivity index (χ0) is 21.7. The number of nitrogens with one attached hydrogen (secondary N) is 2. The molecular formula is C25H30FN5. The van der Waals surface area contributed by atoms with Gasteiger partial charge in [-0.3, -0.25) is 0 Å². The number of aliphatic imine (C=N–C) groups is 1. The van der Waals surface area contributed by atoms with Gasteiger partial charge < -0.3 is 15.2 Å². The second-order valence-electron chi connectivity index (χ2n) is 8.23. The van der Waals surface area contributed by atoms with E-state index in [1.807, 2.05) is 31.5 Å². The fourth-order valence-corrected chi connectivity index (χ4v) is 3.94. The van der Waals surface area contributed by atoms with Crippen molar-refractivity contribution in [3.63, 3.8) is 0 Å². The largest absolute Gasteiger partial charge is 0.357 e. The number of imidazole rings is 1. The summed E-state index contributed by atoms with van der Waals surface area (Å²) in [6.45, 7) is 6.90. The Morgan fingerprint density at radius 1 is 1.13 bits per heavy atom. The van der Waals surface area contributed by atoms with Gasteiger partial charge in [0.2, 0.25) is 0 Å². The first-order chi connectivity index (χ1) is 15.1. The first-order valence-corrected chi connectivity index (χ1v) is 10.9. The van der Waals surface area contributed by atoms with E-state index in [4.69, 9.17) is 4.99 Å². The Morgan fingerprint density at radius 3 is 2.65 bits per heavy atom. The van der Waals surface area contributed by atoms with E-state index >= 15 is 0 Å². The predicted octanol–water partition coefficient (Wildman–Crippen LogP) is 4.17. The number of hydrogen-bond acceptors (Lipinski definition) is 2. The maximum Gasteiger partial charge on any atom is 0.191 e. The van der Waals surface area contributed by atoms with Gasteiger partial charge in [0.15, 0.2) is 5.96 Å². The van der Waals surface area contributed by atoms with Crippen LogP contribution < -0.4 is 10.6 Å². The van der Waals surface area contributed by atoms with Crippen LogP contribution in [-0.4, -0.2) is 28.6 Å². The second-order valence-corrected chi connectivity index (χ2v) is 8.23. The molecule has 1 fully saturated rings. The van der Waals surface area contributed by atoms with Gasteiger partial charge in [-0.1, -0.05) is 42.5 Å². The fourth-order valence-electron chi connectivity index (χ4n) is 3.94. The smallest absolute Gasteiger partial charge is 0.191 e. The van der Waals surface area contributed by atoms with Gasteiger partial charge >= 0.3 is 0 Å². The van der Waals surface area contributed by atoms with Crippen molar-refractivity contribution in [1.29, 1.82) is 0 Å². The normalized spacial score (nSPS) is 15.0. The summed E-state index contributed by atoms with van der Waals surface area (Å²) < 4.78 is 16.4. The summed E-state index contributed by atoms with van der Waals surface area (Å²) >= 11 is 0. The van der Waals surface area contributed by atoms with E-state index in [0.717, 1.165) is 48.8 Å². The summed E-state index contributed by atoms with van der Waals surface area (Å²) in [5, 5.41) is 6.75. The van der Waals surface area contributed by atoms with Crippen molar-refractivity contribution in [3.8, 4) is 0 Å². The molecule has 0 bridgehead atoms. The maximum atomic E-state index is 14.3. The van der Waals surface area contributed by atoms with E-state index in [0.29, 0.717) is 13.1 Å². The Hall–Kier alpha value is -3.15. The highest BCUT2D eigenvalue weighted by molar-refractivity contribution is 5.80. The van der Waals surface area contributed by atoms with Crippen LogP contribution in [0.4, 0.5) is 4.39 Å². The molecule has 4 rings (SSSR count). The van der Waals surface area contributed by atoms with E-state index in [9.17, 15) is 4.39 Å². The Kier molecular flexibility index (Phi) is 6.35. The van der Waals surface area contributed by atoms with Gasteiger partial charge in [-0.25, -0.2) is 14.4 Å². The number of benzene rings is 2. The molecule has 0 amide bonds. The summed E-state index contributed by atoms with van der Waals surface area (Å²) in [5.74, 6) is 1.65. The molecule has 1 heterocycles. The number of aromatic nitrogens is 2. The Balaban J connectivity index is 1.41. The minimum Gasteiger partial charge on any atom is -0.357 e.